The molecule has 80 valence electrons. The number of methoxy groups -OCH3 is 1. The summed E-state index contributed by atoms with van der Waals surface area (Å²) in [5, 5.41) is 8.88. The average Bonchev–Trinajstić information content (AvgIpc) is 2.27. The topological polar surface area (TPSA) is 49.8 Å². The van der Waals surface area contributed by atoms with Crippen LogP contribution < -0.4 is 4.74 Å². The van der Waals surface area contributed by atoms with E-state index in [0.717, 1.165) is 17.7 Å². The van der Waals surface area contributed by atoms with Crippen molar-refractivity contribution >= 4 is 6.09 Å². The molecule has 0 fully saturated rings. The smallest absolute Gasteiger partial charge is 0.407 e. The van der Waals surface area contributed by atoms with Gasteiger partial charge >= 0.3 is 6.09 Å². The second-order valence-electron chi connectivity index (χ2n) is 3.59. The number of hydrogen-bond donors (Lipinski definition) is 1. The Morgan fingerprint density at radius 2 is 2.27 bits per heavy atom. The molecule has 0 spiro atoms. The predicted octanol–water partition coefficient (Wildman–Crippen LogP) is 1.73. The fourth-order valence-corrected chi connectivity index (χ4v) is 1.82. The third-order valence-electron chi connectivity index (χ3n) is 2.70. The van der Waals surface area contributed by atoms with Crippen LogP contribution >= 0.6 is 0 Å². The Morgan fingerprint density at radius 3 is 2.93 bits per heavy atom. The Kier molecular flexibility index (Phi) is 2.49. The number of amides is 1. The molecule has 0 saturated heterocycles. The van der Waals surface area contributed by atoms with Crippen LogP contribution in [0.1, 0.15) is 11.1 Å². The molecule has 1 aliphatic rings. The van der Waals surface area contributed by atoms with Crippen molar-refractivity contribution < 1.29 is 14.6 Å². The first-order valence-electron chi connectivity index (χ1n) is 4.84. The maximum atomic E-state index is 10.8. The molecule has 0 radical (unpaired) electrons. The summed E-state index contributed by atoms with van der Waals surface area (Å²) in [5.41, 5.74) is 2.26. The summed E-state index contributed by atoms with van der Waals surface area (Å²) in [5.74, 6) is 0.779. The molecule has 2 rings (SSSR count). The van der Waals surface area contributed by atoms with Gasteiger partial charge < -0.3 is 14.7 Å². The van der Waals surface area contributed by atoms with Gasteiger partial charge in [0.2, 0.25) is 0 Å². The molecule has 1 amide bonds. The third kappa shape index (κ3) is 1.88. The van der Waals surface area contributed by atoms with Gasteiger partial charge in [-0.2, -0.15) is 0 Å². The molecule has 15 heavy (non-hydrogen) atoms. The van der Waals surface area contributed by atoms with Gasteiger partial charge in [-0.15, -0.1) is 0 Å². The monoisotopic (exact) mass is 207 g/mol. The molecule has 1 aliphatic heterocycles. The van der Waals surface area contributed by atoms with E-state index >= 15 is 0 Å². The molecule has 0 saturated carbocycles. The van der Waals surface area contributed by atoms with E-state index in [4.69, 9.17) is 9.84 Å². The Bertz CT molecular complexity index is 389. The normalized spacial score (nSPS) is 14.6. The van der Waals surface area contributed by atoms with E-state index in [1.807, 2.05) is 18.2 Å². The van der Waals surface area contributed by atoms with Gasteiger partial charge in [0.15, 0.2) is 0 Å². The molecule has 1 N–H and O–H groups in total. The molecule has 1 heterocycles. The molecular formula is C11H13NO3. The SMILES string of the molecule is COc1ccc2c(c1)CN(C(=O)O)CC2. The fourth-order valence-electron chi connectivity index (χ4n) is 1.82. The molecule has 0 bridgehead atoms. The molecule has 4 heteroatoms. The first kappa shape index (κ1) is 9.83. The zero-order chi connectivity index (χ0) is 10.8. The Hall–Kier alpha value is -1.71. The maximum absolute atomic E-state index is 10.8. The second-order valence-corrected chi connectivity index (χ2v) is 3.59. The quantitative estimate of drug-likeness (QED) is 0.763. The van der Waals surface area contributed by atoms with Crippen LogP contribution in [0.15, 0.2) is 18.2 Å². The van der Waals surface area contributed by atoms with E-state index in [1.165, 1.54) is 10.5 Å². The number of carbonyl (C=O) groups is 1. The van der Waals surface area contributed by atoms with Crippen LogP contribution in [0.4, 0.5) is 4.79 Å². The third-order valence-corrected chi connectivity index (χ3v) is 2.70. The van der Waals surface area contributed by atoms with E-state index in [1.54, 1.807) is 7.11 Å². The van der Waals surface area contributed by atoms with Gasteiger partial charge in [-0.3, -0.25) is 0 Å². The second kappa shape index (κ2) is 3.81. The molecule has 4 nitrogen and oxygen atoms in total. The fraction of sp³-hybridized carbons (Fsp3) is 0.364. The van der Waals surface area contributed by atoms with Crippen LogP contribution in [-0.4, -0.2) is 29.8 Å². The summed E-state index contributed by atoms with van der Waals surface area (Å²) in [4.78, 5) is 12.2. The number of rotatable bonds is 1. The number of fused-ring (bicyclic) bond motifs is 1. The molecule has 0 atom stereocenters. The Balaban J connectivity index is 2.27. The van der Waals surface area contributed by atoms with Gasteiger partial charge in [0.1, 0.15) is 5.75 Å². The van der Waals surface area contributed by atoms with Gasteiger partial charge in [0, 0.05) is 13.1 Å². The molecule has 0 aromatic heterocycles. The van der Waals surface area contributed by atoms with Crippen LogP contribution in [0, 0.1) is 0 Å². The molecule has 1 aromatic carbocycles. The Labute approximate surface area is 88.1 Å². The molecular weight excluding hydrogens is 194 g/mol. The van der Waals surface area contributed by atoms with Gasteiger partial charge in [0.05, 0.1) is 7.11 Å². The minimum atomic E-state index is -0.858. The van der Waals surface area contributed by atoms with E-state index in [9.17, 15) is 4.79 Å². The summed E-state index contributed by atoms with van der Waals surface area (Å²) in [6, 6.07) is 5.83. The lowest BCUT2D eigenvalue weighted by Gasteiger charge is -2.26. The van der Waals surface area contributed by atoms with E-state index in [2.05, 4.69) is 0 Å². The van der Waals surface area contributed by atoms with Crippen LogP contribution in [0.2, 0.25) is 0 Å². The van der Waals surface area contributed by atoms with Crippen molar-refractivity contribution in [3.63, 3.8) is 0 Å². The predicted molar refractivity (Wildman–Crippen MR) is 55.1 cm³/mol. The van der Waals surface area contributed by atoms with Crippen molar-refractivity contribution in [1.82, 2.24) is 4.90 Å². The highest BCUT2D eigenvalue weighted by Crippen LogP contribution is 2.23. The van der Waals surface area contributed by atoms with Crippen molar-refractivity contribution in [2.45, 2.75) is 13.0 Å². The summed E-state index contributed by atoms with van der Waals surface area (Å²) in [6.07, 6.45) is -0.0745. The summed E-state index contributed by atoms with van der Waals surface area (Å²) < 4.78 is 5.11. The standard InChI is InChI=1S/C11H13NO3/c1-15-10-3-2-8-4-5-12(11(13)14)7-9(8)6-10/h2-3,6H,4-5,7H2,1H3,(H,13,14). The number of nitrogens with zero attached hydrogens (tertiary/aromatic N) is 1. The zero-order valence-electron chi connectivity index (χ0n) is 8.56. The van der Waals surface area contributed by atoms with Crippen LogP contribution in [0.25, 0.3) is 0 Å². The lowest BCUT2D eigenvalue weighted by atomic mass is 10.00. The van der Waals surface area contributed by atoms with Gasteiger partial charge in [-0.1, -0.05) is 6.07 Å². The number of carboxylic acid groups (broad SMARTS) is 1. The van der Waals surface area contributed by atoms with Crippen molar-refractivity contribution in [2.75, 3.05) is 13.7 Å². The number of ether oxygens (including phenoxy) is 1. The summed E-state index contributed by atoms with van der Waals surface area (Å²) in [6.45, 7) is 1.04. The van der Waals surface area contributed by atoms with E-state index < -0.39 is 6.09 Å². The highest BCUT2D eigenvalue weighted by Gasteiger charge is 2.19. The van der Waals surface area contributed by atoms with Gasteiger partial charge in [-0.05, 0) is 29.7 Å². The van der Waals surface area contributed by atoms with Gasteiger partial charge in [0.25, 0.3) is 0 Å². The van der Waals surface area contributed by atoms with E-state index in [-0.39, 0.29) is 0 Å². The van der Waals surface area contributed by atoms with Crippen molar-refractivity contribution in [1.29, 1.82) is 0 Å². The minimum Gasteiger partial charge on any atom is -0.497 e. The first-order chi connectivity index (χ1) is 7.20. The highest BCUT2D eigenvalue weighted by molar-refractivity contribution is 5.65. The van der Waals surface area contributed by atoms with Crippen molar-refractivity contribution in [3.05, 3.63) is 29.3 Å². The zero-order valence-corrected chi connectivity index (χ0v) is 8.56. The van der Waals surface area contributed by atoms with Crippen LogP contribution in [0.5, 0.6) is 5.75 Å². The summed E-state index contributed by atoms with van der Waals surface area (Å²) in [7, 11) is 1.61. The van der Waals surface area contributed by atoms with Crippen LogP contribution in [0.3, 0.4) is 0 Å². The largest absolute Gasteiger partial charge is 0.497 e. The maximum Gasteiger partial charge on any atom is 0.407 e. The summed E-state index contributed by atoms with van der Waals surface area (Å²) >= 11 is 0. The highest BCUT2D eigenvalue weighted by atomic mass is 16.5. The van der Waals surface area contributed by atoms with Crippen molar-refractivity contribution in [2.24, 2.45) is 0 Å². The molecule has 0 unspecified atom stereocenters. The molecule has 1 aromatic rings. The Morgan fingerprint density at radius 1 is 1.47 bits per heavy atom. The van der Waals surface area contributed by atoms with E-state index in [0.29, 0.717) is 13.1 Å². The van der Waals surface area contributed by atoms with Gasteiger partial charge in [-0.25, -0.2) is 4.79 Å². The molecule has 0 aliphatic carbocycles. The first-order valence-corrected chi connectivity index (χ1v) is 4.84. The number of hydrogen-bond acceptors (Lipinski definition) is 2. The van der Waals surface area contributed by atoms with Crippen LogP contribution in [-0.2, 0) is 13.0 Å². The van der Waals surface area contributed by atoms with Crippen molar-refractivity contribution in [3.8, 4) is 5.75 Å². The lowest BCUT2D eigenvalue weighted by molar-refractivity contribution is 0.140. The number of benzene rings is 1. The lowest BCUT2D eigenvalue weighted by Crippen LogP contribution is -2.34. The average molecular weight is 207 g/mol. The minimum absolute atomic E-state index is 0.460.